The maximum absolute atomic E-state index is 12.4. The quantitative estimate of drug-likeness (QED) is 0.534. The number of amides is 1. The van der Waals surface area contributed by atoms with Crippen molar-refractivity contribution in [3.8, 4) is 28.5 Å². The molecule has 7 heteroatoms. The highest BCUT2D eigenvalue weighted by Gasteiger charge is 2.14. The van der Waals surface area contributed by atoms with Crippen LogP contribution in [0.3, 0.4) is 0 Å². The number of hydrogen-bond donors (Lipinski definition) is 1. The van der Waals surface area contributed by atoms with Gasteiger partial charge in [0.15, 0.2) is 11.5 Å². The third-order valence-electron chi connectivity index (χ3n) is 5.10. The van der Waals surface area contributed by atoms with E-state index >= 15 is 0 Å². The van der Waals surface area contributed by atoms with Gasteiger partial charge in [-0.15, -0.1) is 0 Å². The molecule has 0 fully saturated rings. The van der Waals surface area contributed by atoms with Crippen LogP contribution < -0.4 is 19.5 Å². The van der Waals surface area contributed by atoms with Gasteiger partial charge in [-0.3, -0.25) is 4.79 Å². The second-order valence-electron chi connectivity index (χ2n) is 7.24. The molecule has 7 nitrogen and oxygen atoms in total. The number of benzene rings is 2. The van der Waals surface area contributed by atoms with Gasteiger partial charge >= 0.3 is 0 Å². The van der Waals surface area contributed by atoms with E-state index in [0.717, 1.165) is 39.7 Å². The van der Waals surface area contributed by atoms with Crippen LogP contribution in [-0.2, 0) is 11.2 Å². The summed E-state index contributed by atoms with van der Waals surface area (Å²) < 4.78 is 18.3. The average molecular weight is 415 g/mol. The van der Waals surface area contributed by atoms with Crippen LogP contribution in [0.15, 0.2) is 67.0 Å². The summed E-state index contributed by atoms with van der Waals surface area (Å²) in [5.41, 5.74) is 4.18. The van der Waals surface area contributed by atoms with Gasteiger partial charge in [-0.1, -0.05) is 12.1 Å². The van der Waals surface area contributed by atoms with Crippen LogP contribution in [0.5, 0.6) is 17.2 Å². The molecule has 0 bridgehead atoms. The predicted molar refractivity (Wildman–Crippen MR) is 117 cm³/mol. The van der Waals surface area contributed by atoms with E-state index in [1.807, 2.05) is 71.4 Å². The third kappa shape index (κ3) is 4.02. The van der Waals surface area contributed by atoms with Gasteiger partial charge in [0.05, 0.1) is 24.9 Å². The van der Waals surface area contributed by atoms with Crippen LogP contribution in [0.4, 0.5) is 5.69 Å². The van der Waals surface area contributed by atoms with E-state index in [-0.39, 0.29) is 12.3 Å². The van der Waals surface area contributed by atoms with E-state index in [4.69, 9.17) is 14.2 Å². The van der Waals surface area contributed by atoms with Crippen molar-refractivity contribution in [1.82, 2.24) is 9.38 Å². The summed E-state index contributed by atoms with van der Waals surface area (Å²) in [7, 11) is 1.62. The SMILES string of the molecule is COc1ccc(CC(=O)Nc2ccc3nc(-c4ccc5c(c4)OCCO5)cn3c2)cc1. The molecule has 1 N–H and O–H groups in total. The Kier molecular flexibility index (Phi) is 4.92. The van der Waals surface area contributed by atoms with Gasteiger partial charge in [-0.2, -0.15) is 0 Å². The number of nitrogens with zero attached hydrogens (tertiary/aromatic N) is 2. The monoisotopic (exact) mass is 415 g/mol. The number of aromatic nitrogens is 2. The van der Waals surface area contributed by atoms with Crippen LogP contribution in [0.1, 0.15) is 5.56 Å². The minimum atomic E-state index is -0.0864. The predicted octanol–water partition coefficient (Wildman–Crippen LogP) is 3.96. The molecule has 4 aromatic rings. The zero-order valence-corrected chi connectivity index (χ0v) is 17.0. The molecule has 5 rings (SSSR count). The Balaban J connectivity index is 1.32. The number of methoxy groups -OCH3 is 1. The number of ether oxygens (including phenoxy) is 3. The molecule has 2 aromatic carbocycles. The third-order valence-corrected chi connectivity index (χ3v) is 5.10. The molecule has 0 atom stereocenters. The molecule has 0 spiro atoms. The molecular weight excluding hydrogens is 394 g/mol. The maximum Gasteiger partial charge on any atom is 0.228 e. The molecule has 3 heterocycles. The van der Waals surface area contributed by atoms with Crippen molar-refractivity contribution in [3.63, 3.8) is 0 Å². The molecule has 1 aliphatic rings. The lowest BCUT2D eigenvalue weighted by Gasteiger charge is -2.18. The van der Waals surface area contributed by atoms with Crippen LogP contribution in [0.25, 0.3) is 16.9 Å². The molecule has 0 aliphatic carbocycles. The highest BCUT2D eigenvalue weighted by Crippen LogP contribution is 2.34. The fraction of sp³-hybridized carbons (Fsp3) is 0.167. The van der Waals surface area contributed by atoms with Crippen molar-refractivity contribution in [2.75, 3.05) is 25.6 Å². The number of nitrogens with one attached hydrogen (secondary N) is 1. The molecular formula is C24H21N3O4. The lowest BCUT2D eigenvalue weighted by atomic mass is 10.1. The van der Waals surface area contributed by atoms with Crippen LogP contribution in [-0.4, -0.2) is 35.6 Å². The highest BCUT2D eigenvalue weighted by molar-refractivity contribution is 5.92. The first-order valence-corrected chi connectivity index (χ1v) is 9.99. The minimum Gasteiger partial charge on any atom is -0.497 e. The largest absolute Gasteiger partial charge is 0.497 e. The number of anilines is 1. The van der Waals surface area contributed by atoms with Gasteiger partial charge in [-0.05, 0) is 48.0 Å². The Labute approximate surface area is 179 Å². The van der Waals surface area contributed by atoms with Crippen molar-refractivity contribution in [2.24, 2.45) is 0 Å². The minimum absolute atomic E-state index is 0.0864. The van der Waals surface area contributed by atoms with E-state index in [2.05, 4.69) is 10.3 Å². The van der Waals surface area contributed by atoms with E-state index in [1.54, 1.807) is 7.11 Å². The number of hydrogen-bond acceptors (Lipinski definition) is 5. The van der Waals surface area contributed by atoms with Gasteiger partial charge < -0.3 is 23.9 Å². The number of pyridine rings is 1. The Morgan fingerprint density at radius 3 is 2.65 bits per heavy atom. The van der Waals surface area contributed by atoms with Gasteiger partial charge in [-0.25, -0.2) is 4.98 Å². The topological polar surface area (TPSA) is 74.1 Å². The summed E-state index contributed by atoms with van der Waals surface area (Å²) in [5.74, 6) is 2.16. The van der Waals surface area contributed by atoms with E-state index < -0.39 is 0 Å². The molecule has 1 aliphatic heterocycles. The summed E-state index contributed by atoms with van der Waals surface area (Å²) in [5, 5.41) is 2.95. The first-order valence-electron chi connectivity index (χ1n) is 9.99. The number of imidazole rings is 1. The molecule has 0 saturated carbocycles. The molecule has 0 radical (unpaired) electrons. The van der Waals surface area contributed by atoms with Crippen molar-refractivity contribution in [2.45, 2.75) is 6.42 Å². The fourth-order valence-electron chi connectivity index (χ4n) is 3.54. The first kappa shape index (κ1) is 19.0. The zero-order valence-electron chi connectivity index (χ0n) is 17.0. The van der Waals surface area contributed by atoms with Crippen LogP contribution in [0.2, 0.25) is 0 Å². The van der Waals surface area contributed by atoms with Crippen molar-refractivity contribution in [1.29, 1.82) is 0 Å². The second-order valence-corrected chi connectivity index (χ2v) is 7.24. The average Bonchev–Trinajstić information content (AvgIpc) is 3.22. The summed E-state index contributed by atoms with van der Waals surface area (Å²) in [6.45, 7) is 1.11. The first-order chi connectivity index (χ1) is 15.2. The van der Waals surface area contributed by atoms with E-state index in [9.17, 15) is 4.79 Å². The fourth-order valence-corrected chi connectivity index (χ4v) is 3.54. The van der Waals surface area contributed by atoms with Crippen molar-refractivity contribution >= 4 is 17.2 Å². The van der Waals surface area contributed by atoms with E-state index in [0.29, 0.717) is 18.9 Å². The summed E-state index contributed by atoms with van der Waals surface area (Å²) in [6.07, 6.45) is 4.07. The number of carbonyl (C=O) groups excluding carboxylic acids is 1. The summed E-state index contributed by atoms with van der Waals surface area (Å²) in [6, 6.07) is 17.0. The Hall–Kier alpha value is -4.00. The second kappa shape index (κ2) is 8.02. The Morgan fingerprint density at radius 1 is 1.03 bits per heavy atom. The van der Waals surface area contributed by atoms with Crippen LogP contribution >= 0.6 is 0 Å². The zero-order chi connectivity index (χ0) is 21.2. The number of carbonyl (C=O) groups is 1. The number of rotatable bonds is 5. The molecule has 0 saturated heterocycles. The molecule has 156 valence electrons. The van der Waals surface area contributed by atoms with Gasteiger partial charge in [0, 0.05) is 18.0 Å². The molecule has 31 heavy (non-hydrogen) atoms. The highest BCUT2D eigenvalue weighted by atomic mass is 16.6. The molecule has 0 unspecified atom stereocenters. The number of fused-ring (bicyclic) bond motifs is 2. The summed E-state index contributed by atoms with van der Waals surface area (Å²) >= 11 is 0. The Bertz CT molecular complexity index is 1250. The molecule has 1 amide bonds. The van der Waals surface area contributed by atoms with Gasteiger partial charge in [0.25, 0.3) is 0 Å². The molecule has 2 aromatic heterocycles. The lowest BCUT2D eigenvalue weighted by molar-refractivity contribution is -0.115. The normalized spacial score (nSPS) is 12.5. The van der Waals surface area contributed by atoms with Gasteiger partial charge in [0.1, 0.15) is 24.6 Å². The maximum atomic E-state index is 12.4. The van der Waals surface area contributed by atoms with E-state index in [1.165, 1.54) is 0 Å². The summed E-state index contributed by atoms with van der Waals surface area (Å²) in [4.78, 5) is 17.1. The van der Waals surface area contributed by atoms with Crippen molar-refractivity contribution in [3.05, 3.63) is 72.6 Å². The Morgan fingerprint density at radius 2 is 1.84 bits per heavy atom. The van der Waals surface area contributed by atoms with Gasteiger partial charge in [0.2, 0.25) is 5.91 Å². The van der Waals surface area contributed by atoms with Crippen molar-refractivity contribution < 1.29 is 19.0 Å². The smallest absolute Gasteiger partial charge is 0.228 e. The standard InChI is InChI=1S/C24H21N3O4/c1-29-19-6-2-16(3-7-19)12-24(28)25-18-5-9-23-26-20(15-27(23)14-18)17-4-8-21-22(13-17)31-11-10-30-21/h2-9,13-15H,10-12H2,1H3,(H,25,28). The lowest BCUT2D eigenvalue weighted by Crippen LogP contribution is -2.15. The van der Waals surface area contributed by atoms with Crippen LogP contribution in [0, 0.1) is 0 Å².